The number of benzene rings is 1. The van der Waals surface area contributed by atoms with E-state index in [9.17, 15) is 4.79 Å². The number of para-hydroxylation sites is 1. The maximum absolute atomic E-state index is 12.9. The van der Waals surface area contributed by atoms with Gasteiger partial charge in [0, 0.05) is 22.9 Å². The van der Waals surface area contributed by atoms with E-state index in [1.807, 2.05) is 18.2 Å². The van der Waals surface area contributed by atoms with E-state index in [-0.39, 0.29) is 17.6 Å². The van der Waals surface area contributed by atoms with Gasteiger partial charge in [-0.05, 0) is 43.7 Å². The molecule has 28 heavy (non-hydrogen) atoms. The van der Waals surface area contributed by atoms with Gasteiger partial charge in [-0.25, -0.2) is 4.98 Å². The first-order valence-corrected chi connectivity index (χ1v) is 10.9. The molecule has 0 bridgehead atoms. The molecular formula is C22H25N3O2S. The lowest BCUT2D eigenvalue weighted by molar-refractivity contribution is 0.245. The first-order valence-electron chi connectivity index (χ1n) is 10.1. The third-order valence-electron chi connectivity index (χ3n) is 6.00. The summed E-state index contributed by atoms with van der Waals surface area (Å²) in [5.41, 5.74) is 2.41. The third-order valence-corrected chi connectivity index (χ3v) is 7.15. The van der Waals surface area contributed by atoms with Gasteiger partial charge in [0.05, 0.1) is 18.0 Å². The van der Waals surface area contributed by atoms with Crippen LogP contribution in [0.15, 0.2) is 29.1 Å². The maximum Gasteiger partial charge on any atom is 0.259 e. The normalized spacial score (nSPS) is 22.4. The molecule has 0 fully saturated rings. The van der Waals surface area contributed by atoms with E-state index in [2.05, 4.69) is 30.2 Å². The molecule has 1 aromatic carbocycles. The predicted molar refractivity (Wildman–Crippen MR) is 112 cm³/mol. The number of aryl methyl sites for hydroxylation is 1. The second-order valence-electron chi connectivity index (χ2n) is 8.10. The minimum atomic E-state index is -0.0497. The summed E-state index contributed by atoms with van der Waals surface area (Å²) >= 11 is 1.70. The number of nitrogens with one attached hydrogen (secondary N) is 2. The Morgan fingerprint density at radius 2 is 2.18 bits per heavy atom. The second kappa shape index (κ2) is 7.01. The van der Waals surface area contributed by atoms with Crippen LogP contribution >= 0.6 is 11.3 Å². The number of thiophene rings is 1. The number of aromatic nitrogens is 2. The van der Waals surface area contributed by atoms with E-state index in [0.717, 1.165) is 41.6 Å². The van der Waals surface area contributed by atoms with Gasteiger partial charge in [0.2, 0.25) is 0 Å². The van der Waals surface area contributed by atoms with Gasteiger partial charge in [0.25, 0.3) is 5.56 Å². The van der Waals surface area contributed by atoms with Crippen LogP contribution in [0.5, 0.6) is 5.75 Å². The molecule has 0 spiro atoms. The number of hydrogen-bond donors (Lipinski definition) is 2. The molecule has 3 atom stereocenters. The molecule has 0 amide bonds. The van der Waals surface area contributed by atoms with E-state index in [4.69, 9.17) is 9.72 Å². The lowest BCUT2D eigenvalue weighted by atomic mass is 9.89. The molecule has 0 unspecified atom stereocenters. The highest BCUT2D eigenvalue weighted by Crippen LogP contribution is 2.36. The van der Waals surface area contributed by atoms with Crippen molar-refractivity contribution in [2.24, 2.45) is 5.92 Å². The van der Waals surface area contributed by atoms with E-state index >= 15 is 0 Å². The fourth-order valence-corrected chi connectivity index (χ4v) is 5.86. The largest absolute Gasteiger partial charge is 0.493 e. The molecule has 2 aromatic heterocycles. The minimum absolute atomic E-state index is 0.00748. The predicted octanol–water partition coefficient (Wildman–Crippen LogP) is 4.28. The van der Waals surface area contributed by atoms with E-state index < -0.39 is 0 Å². The van der Waals surface area contributed by atoms with Gasteiger partial charge in [-0.2, -0.15) is 0 Å². The number of rotatable bonds is 3. The molecule has 5 nitrogen and oxygen atoms in total. The molecule has 2 N–H and O–H groups in total. The first kappa shape index (κ1) is 17.9. The SMILES string of the molecule is C[C@H]1CCc2c(sc3nc([C@@H](C)N[C@@H]4CCOc5ccccc54)[nH]c(=O)c23)C1. The number of H-pyrrole nitrogens is 1. The molecule has 1 aliphatic carbocycles. The minimum Gasteiger partial charge on any atom is -0.493 e. The zero-order valence-electron chi connectivity index (χ0n) is 16.2. The van der Waals surface area contributed by atoms with Gasteiger partial charge in [0.1, 0.15) is 16.4 Å². The van der Waals surface area contributed by atoms with Crippen LogP contribution in [-0.2, 0) is 12.8 Å². The van der Waals surface area contributed by atoms with Crippen molar-refractivity contribution < 1.29 is 4.74 Å². The summed E-state index contributed by atoms with van der Waals surface area (Å²) in [6.07, 6.45) is 4.12. The molecule has 3 aromatic rings. The highest BCUT2D eigenvalue weighted by molar-refractivity contribution is 7.18. The quantitative estimate of drug-likeness (QED) is 0.694. The van der Waals surface area contributed by atoms with E-state index in [1.165, 1.54) is 16.0 Å². The summed E-state index contributed by atoms with van der Waals surface area (Å²) in [7, 11) is 0. The zero-order valence-corrected chi connectivity index (χ0v) is 17.1. The van der Waals surface area contributed by atoms with Crippen LogP contribution in [0.3, 0.4) is 0 Å². The van der Waals surface area contributed by atoms with Gasteiger partial charge < -0.3 is 15.0 Å². The van der Waals surface area contributed by atoms with Crippen LogP contribution in [0, 0.1) is 5.92 Å². The number of hydrogen-bond acceptors (Lipinski definition) is 5. The van der Waals surface area contributed by atoms with Gasteiger partial charge in [-0.15, -0.1) is 11.3 Å². The fraction of sp³-hybridized carbons (Fsp3) is 0.455. The van der Waals surface area contributed by atoms with Gasteiger partial charge >= 0.3 is 0 Å². The summed E-state index contributed by atoms with van der Waals surface area (Å²) in [6, 6.07) is 8.29. The molecule has 3 heterocycles. The van der Waals surface area contributed by atoms with Crippen molar-refractivity contribution in [3.63, 3.8) is 0 Å². The number of ether oxygens (including phenoxy) is 1. The van der Waals surface area contributed by atoms with Crippen molar-refractivity contribution >= 4 is 21.6 Å². The Kier molecular flexibility index (Phi) is 4.48. The topological polar surface area (TPSA) is 67.0 Å². The Hall–Kier alpha value is -2.18. The lowest BCUT2D eigenvalue weighted by Crippen LogP contribution is -2.31. The summed E-state index contributed by atoms with van der Waals surface area (Å²) < 4.78 is 5.76. The highest BCUT2D eigenvalue weighted by atomic mass is 32.1. The molecule has 0 saturated heterocycles. The molecule has 2 aliphatic rings. The van der Waals surface area contributed by atoms with Crippen LogP contribution < -0.4 is 15.6 Å². The number of fused-ring (bicyclic) bond motifs is 4. The van der Waals surface area contributed by atoms with Crippen molar-refractivity contribution in [2.75, 3.05) is 6.61 Å². The van der Waals surface area contributed by atoms with E-state index in [1.54, 1.807) is 11.3 Å². The zero-order chi connectivity index (χ0) is 19.3. The number of nitrogens with zero attached hydrogens (tertiary/aromatic N) is 1. The maximum atomic E-state index is 12.9. The van der Waals surface area contributed by atoms with Gasteiger partial charge in [0.15, 0.2) is 0 Å². The fourth-order valence-electron chi connectivity index (χ4n) is 4.47. The van der Waals surface area contributed by atoms with Crippen LogP contribution in [0.1, 0.15) is 60.6 Å². The third kappa shape index (κ3) is 3.05. The Balaban J connectivity index is 1.46. The second-order valence-corrected chi connectivity index (χ2v) is 9.18. The standard InChI is InChI=1S/C22H25N3O2S/c1-12-7-8-15-18(11-12)28-22-19(15)21(26)24-20(25-22)13(2)23-16-9-10-27-17-6-4-3-5-14(16)17/h3-6,12-13,16,23H,7-11H2,1-2H3,(H,24,25,26)/t12-,13+,16+/m0/s1. The summed E-state index contributed by atoms with van der Waals surface area (Å²) in [6.45, 7) is 5.05. The van der Waals surface area contributed by atoms with Crippen molar-refractivity contribution in [1.82, 2.24) is 15.3 Å². The molecule has 5 rings (SSSR count). The molecule has 146 valence electrons. The van der Waals surface area contributed by atoms with Crippen LogP contribution in [0.2, 0.25) is 0 Å². The lowest BCUT2D eigenvalue weighted by Gasteiger charge is -2.29. The molecule has 0 saturated carbocycles. The van der Waals surface area contributed by atoms with E-state index in [0.29, 0.717) is 18.3 Å². The van der Waals surface area contributed by atoms with Crippen molar-refractivity contribution in [3.05, 3.63) is 56.4 Å². The van der Waals surface area contributed by atoms with Gasteiger partial charge in [-0.1, -0.05) is 25.1 Å². The average molecular weight is 396 g/mol. The Labute approximate surface area is 168 Å². The van der Waals surface area contributed by atoms with Crippen molar-refractivity contribution in [2.45, 2.75) is 51.6 Å². The summed E-state index contributed by atoms with van der Waals surface area (Å²) in [5, 5.41) is 4.46. The molecule has 6 heteroatoms. The highest BCUT2D eigenvalue weighted by Gasteiger charge is 2.26. The molecular weight excluding hydrogens is 370 g/mol. The van der Waals surface area contributed by atoms with Gasteiger partial charge in [-0.3, -0.25) is 4.79 Å². The van der Waals surface area contributed by atoms with Crippen LogP contribution in [0.4, 0.5) is 0 Å². The Bertz CT molecular complexity index is 1090. The van der Waals surface area contributed by atoms with Crippen molar-refractivity contribution in [3.8, 4) is 5.75 Å². The van der Waals surface area contributed by atoms with Crippen LogP contribution in [-0.4, -0.2) is 16.6 Å². The summed E-state index contributed by atoms with van der Waals surface area (Å²) in [5.74, 6) is 2.34. The molecule has 1 aliphatic heterocycles. The number of aromatic amines is 1. The average Bonchev–Trinajstić information content (AvgIpc) is 3.06. The van der Waals surface area contributed by atoms with Crippen LogP contribution in [0.25, 0.3) is 10.2 Å². The monoisotopic (exact) mass is 395 g/mol. The smallest absolute Gasteiger partial charge is 0.259 e. The Morgan fingerprint density at radius 1 is 1.32 bits per heavy atom. The van der Waals surface area contributed by atoms with Crippen molar-refractivity contribution in [1.29, 1.82) is 0 Å². The first-order chi connectivity index (χ1) is 13.6. The summed E-state index contributed by atoms with van der Waals surface area (Å²) in [4.78, 5) is 23.0. The Morgan fingerprint density at radius 3 is 3.07 bits per heavy atom. The molecule has 0 radical (unpaired) electrons.